The Morgan fingerprint density at radius 1 is 0.833 bits per heavy atom. The highest BCUT2D eigenvalue weighted by Crippen LogP contribution is 2.28. The second-order valence-corrected chi connectivity index (χ2v) is 6.79. The standard InChI is InChI=1S/C22H25N3O5/c1-29-18-9-8-17(14-19(18)30-2)22(28)25-12-10-24(11-13-25)20(26)15-23-21(27)16-6-4-3-5-7-16/h3-9,14H,10-13,15H2,1-2H3,(H,23,27). The molecule has 0 unspecified atom stereocenters. The van der Waals surface area contributed by atoms with E-state index >= 15 is 0 Å². The molecule has 0 atom stereocenters. The molecular formula is C22H25N3O5. The van der Waals surface area contributed by atoms with Crippen molar-refractivity contribution in [2.75, 3.05) is 46.9 Å². The third kappa shape index (κ3) is 4.89. The van der Waals surface area contributed by atoms with Crippen molar-refractivity contribution < 1.29 is 23.9 Å². The van der Waals surface area contributed by atoms with Crippen LogP contribution < -0.4 is 14.8 Å². The number of amides is 3. The maximum atomic E-state index is 12.8. The first-order valence-electron chi connectivity index (χ1n) is 9.66. The Bertz CT molecular complexity index is 908. The van der Waals surface area contributed by atoms with E-state index in [0.717, 1.165) is 0 Å². The Labute approximate surface area is 175 Å². The Balaban J connectivity index is 1.51. The number of hydrogen-bond donors (Lipinski definition) is 1. The molecule has 0 spiro atoms. The zero-order valence-corrected chi connectivity index (χ0v) is 17.1. The summed E-state index contributed by atoms with van der Waals surface area (Å²) in [5, 5.41) is 2.64. The molecule has 1 heterocycles. The molecule has 1 fully saturated rings. The number of nitrogens with one attached hydrogen (secondary N) is 1. The van der Waals surface area contributed by atoms with Crippen LogP contribution in [-0.2, 0) is 4.79 Å². The lowest BCUT2D eigenvalue weighted by Crippen LogP contribution is -2.52. The van der Waals surface area contributed by atoms with Crippen molar-refractivity contribution in [2.45, 2.75) is 0 Å². The molecule has 1 N–H and O–H groups in total. The summed E-state index contributed by atoms with van der Waals surface area (Å²) in [6, 6.07) is 13.8. The van der Waals surface area contributed by atoms with Crippen molar-refractivity contribution >= 4 is 17.7 Å². The van der Waals surface area contributed by atoms with Crippen LogP contribution in [-0.4, -0.2) is 74.5 Å². The molecule has 3 rings (SSSR count). The Kier molecular flexibility index (Phi) is 6.90. The molecule has 3 amide bonds. The van der Waals surface area contributed by atoms with Gasteiger partial charge in [0.1, 0.15) is 0 Å². The van der Waals surface area contributed by atoms with Crippen LogP contribution in [0.25, 0.3) is 0 Å². The van der Waals surface area contributed by atoms with Crippen molar-refractivity contribution in [3.8, 4) is 11.5 Å². The van der Waals surface area contributed by atoms with Crippen molar-refractivity contribution in [1.29, 1.82) is 0 Å². The zero-order chi connectivity index (χ0) is 21.5. The van der Waals surface area contributed by atoms with Crippen LogP contribution in [0.2, 0.25) is 0 Å². The molecule has 2 aromatic rings. The van der Waals surface area contributed by atoms with Gasteiger partial charge in [0.2, 0.25) is 5.91 Å². The summed E-state index contributed by atoms with van der Waals surface area (Å²) in [6.45, 7) is 1.60. The molecule has 2 aromatic carbocycles. The summed E-state index contributed by atoms with van der Waals surface area (Å²) in [7, 11) is 3.06. The van der Waals surface area contributed by atoms with Gasteiger partial charge in [-0.3, -0.25) is 14.4 Å². The maximum absolute atomic E-state index is 12.8. The van der Waals surface area contributed by atoms with Gasteiger partial charge < -0.3 is 24.6 Å². The predicted octanol–water partition coefficient (Wildman–Crippen LogP) is 1.42. The predicted molar refractivity (Wildman–Crippen MR) is 111 cm³/mol. The van der Waals surface area contributed by atoms with Gasteiger partial charge in [0.05, 0.1) is 20.8 Å². The van der Waals surface area contributed by atoms with Crippen LogP contribution in [0.5, 0.6) is 11.5 Å². The quantitative estimate of drug-likeness (QED) is 0.777. The minimum atomic E-state index is -0.286. The maximum Gasteiger partial charge on any atom is 0.254 e. The molecule has 30 heavy (non-hydrogen) atoms. The largest absolute Gasteiger partial charge is 0.493 e. The number of ether oxygens (including phenoxy) is 2. The molecule has 1 aliphatic heterocycles. The van der Waals surface area contributed by atoms with Crippen molar-refractivity contribution in [3.63, 3.8) is 0 Å². The number of carbonyl (C=O) groups excluding carboxylic acids is 3. The molecule has 0 saturated carbocycles. The molecule has 0 aromatic heterocycles. The zero-order valence-electron chi connectivity index (χ0n) is 17.1. The number of hydrogen-bond acceptors (Lipinski definition) is 5. The lowest BCUT2D eigenvalue weighted by atomic mass is 10.1. The number of carbonyl (C=O) groups is 3. The normalized spacial score (nSPS) is 13.5. The fourth-order valence-electron chi connectivity index (χ4n) is 3.27. The summed E-state index contributed by atoms with van der Waals surface area (Å²) in [4.78, 5) is 40.6. The van der Waals surface area contributed by atoms with Crippen molar-refractivity contribution in [2.24, 2.45) is 0 Å². The van der Waals surface area contributed by atoms with Crippen molar-refractivity contribution in [1.82, 2.24) is 15.1 Å². The highest BCUT2D eigenvalue weighted by atomic mass is 16.5. The topological polar surface area (TPSA) is 88.2 Å². The molecule has 0 aliphatic carbocycles. The fourth-order valence-corrected chi connectivity index (χ4v) is 3.27. The van der Waals surface area contributed by atoms with Gasteiger partial charge in [-0.05, 0) is 30.3 Å². The first-order valence-corrected chi connectivity index (χ1v) is 9.66. The van der Waals surface area contributed by atoms with E-state index in [-0.39, 0.29) is 24.3 Å². The minimum Gasteiger partial charge on any atom is -0.493 e. The van der Waals surface area contributed by atoms with Gasteiger partial charge in [-0.1, -0.05) is 18.2 Å². The number of piperazine rings is 1. The average Bonchev–Trinajstić information content (AvgIpc) is 2.82. The monoisotopic (exact) mass is 411 g/mol. The van der Waals surface area contributed by atoms with E-state index in [2.05, 4.69) is 5.32 Å². The van der Waals surface area contributed by atoms with Gasteiger partial charge in [-0.2, -0.15) is 0 Å². The van der Waals surface area contributed by atoms with Crippen LogP contribution in [0, 0.1) is 0 Å². The highest BCUT2D eigenvalue weighted by molar-refractivity contribution is 5.97. The lowest BCUT2D eigenvalue weighted by molar-refractivity contribution is -0.131. The summed E-state index contributed by atoms with van der Waals surface area (Å²) in [5.41, 5.74) is 1.01. The Hall–Kier alpha value is -3.55. The average molecular weight is 411 g/mol. The van der Waals surface area contributed by atoms with Crippen LogP contribution in [0.1, 0.15) is 20.7 Å². The number of rotatable bonds is 6. The summed E-state index contributed by atoms with van der Waals surface area (Å²) < 4.78 is 10.5. The fraction of sp³-hybridized carbons (Fsp3) is 0.318. The van der Waals surface area contributed by atoms with E-state index in [1.54, 1.807) is 52.3 Å². The summed E-state index contributed by atoms with van der Waals surface area (Å²) in [5.74, 6) is 0.470. The highest BCUT2D eigenvalue weighted by Gasteiger charge is 2.25. The van der Waals surface area contributed by atoms with Gasteiger partial charge in [-0.15, -0.1) is 0 Å². The van der Waals surface area contributed by atoms with Gasteiger partial charge in [0, 0.05) is 37.3 Å². The van der Waals surface area contributed by atoms with Gasteiger partial charge in [0.25, 0.3) is 11.8 Å². The molecular weight excluding hydrogens is 386 g/mol. The Morgan fingerprint density at radius 2 is 1.47 bits per heavy atom. The summed E-state index contributed by atoms with van der Waals surface area (Å²) >= 11 is 0. The first-order chi connectivity index (χ1) is 14.5. The minimum absolute atomic E-state index is 0.0721. The van der Waals surface area contributed by atoms with Crippen LogP contribution >= 0.6 is 0 Å². The molecule has 158 valence electrons. The van der Waals surface area contributed by atoms with E-state index in [4.69, 9.17) is 9.47 Å². The van der Waals surface area contributed by atoms with E-state index in [1.807, 2.05) is 6.07 Å². The van der Waals surface area contributed by atoms with E-state index in [0.29, 0.717) is 48.8 Å². The van der Waals surface area contributed by atoms with E-state index in [1.165, 1.54) is 14.2 Å². The van der Waals surface area contributed by atoms with Crippen LogP contribution in [0.3, 0.4) is 0 Å². The van der Waals surface area contributed by atoms with Gasteiger partial charge >= 0.3 is 0 Å². The molecule has 1 saturated heterocycles. The first kappa shape index (κ1) is 21.2. The SMILES string of the molecule is COc1ccc(C(=O)N2CCN(C(=O)CNC(=O)c3ccccc3)CC2)cc1OC. The van der Waals surface area contributed by atoms with E-state index < -0.39 is 0 Å². The molecule has 8 heteroatoms. The molecule has 0 bridgehead atoms. The van der Waals surface area contributed by atoms with Crippen LogP contribution in [0.4, 0.5) is 0 Å². The lowest BCUT2D eigenvalue weighted by Gasteiger charge is -2.35. The van der Waals surface area contributed by atoms with Crippen LogP contribution in [0.15, 0.2) is 48.5 Å². The second-order valence-electron chi connectivity index (χ2n) is 6.79. The second kappa shape index (κ2) is 9.78. The van der Waals surface area contributed by atoms with Gasteiger partial charge in [0.15, 0.2) is 11.5 Å². The Morgan fingerprint density at radius 3 is 2.10 bits per heavy atom. The summed E-state index contributed by atoms with van der Waals surface area (Å²) in [6.07, 6.45) is 0. The molecule has 1 aliphatic rings. The smallest absolute Gasteiger partial charge is 0.254 e. The number of nitrogens with zero attached hydrogens (tertiary/aromatic N) is 2. The third-order valence-corrected chi connectivity index (χ3v) is 4.99. The van der Waals surface area contributed by atoms with E-state index in [9.17, 15) is 14.4 Å². The van der Waals surface area contributed by atoms with Crippen molar-refractivity contribution in [3.05, 3.63) is 59.7 Å². The molecule has 0 radical (unpaired) electrons. The third-order valence-electron chi connectivity index (χ3n) is 4.99. The number of methoxy groups -OCH3 is 2. The van der Waals surface area contributed by atoms with Gasteiger partial charge in [-0.25, -0.2) is 0 Å². The molecule has 8 nitrogen and oxygen atoms in total. The number of benzene rings is 2.